The van der Waals surface area contributed by atoms with Gasteiger partial charge in [0, 0.05) is 43.3 Å². The summed E-state index contributed by atoms with van der Waals surface area (Å²) in [6.07, 6.45) is -1.89. The van der Waals surface area contributed by atoms with Crippen LogP contribution in [0.5, 0.6) is 0 Å². The van der Waals surface area contributed by atoms with Crippen molar-refractivity contribution >= 4 is 17.6 Å². The lowest BCUT2D eigenvalue weighted by Crippen LogP contribution is -2.53. The second-order valence-corrected chi connectivity index (χ2v) is 9.91. The molecule has 3 aliphatic rings. The number of pyridine rings is 1. The second-order valence-electron chi connectivity index (χ2n) is 9.91. The molecule has 6 nitrogen and oxygen atoms in total. The first-order valence-electron chi connectivity index (χ1n) is 11.2. The molecule has 0 radical (unpaired) electrons. The second kappa shape index (κ2) is 8.65. The van der Waals surface area contributed by atoms with E-state index in [1.807, 2.05) is 13.8 Å². The lowest BCUT2D eigenvalue weighted by Gasteiger charge is -2.42. The highest BCUT2D eigenvalue weighted by atomic mass is 19.4. The Morgan fingerprint density at radius 2 is 1.64 bits per heavy atom. The predicted molar refractivity (Wildman–Crippen MR) is 119 cm³/mol. The number of carbonyl (C=O) groups is 2. The number of aliphatic carboxylic acids is 1. The summed E-state index contributed by atoms with van der Waals surface area (Å²) in [5.74, 6) is -1.78. The van der Waals surface area contributed by atoms with E-state index in [2.05, 4.69) is 47.3 Å². The lowest BCUT2D eigenvalue weighted by molar-refractivity contribution is -0.192. The third-order valence-electron chi connectivity index (χ3n) is 7.54. The molecule has 1 amide bonds. The fraction of sp³-hybridized carbons (Fsp3) is 0.625. The van der Waals surface area contributed by atoms with Crippen LogP contribution in [0, 0.1) is 30.6 Å². The number of hydrogen-bond donors (Lipinski definition) is 1. The smallest absolute Gasteiger partial charge is 0.475 e. The number of aromatic nitrogens is 1. The van der Waals surface area contributed by atoms with Gasteiger partial charge in [-0.25, -0.2) is 4.79 Å². The molecule has 2 heterocycles. The quantitative estimate of drug-likeness (QED) is 0.654. The number of carbonyl (C=O) groups excluding carboxylic acids is 1. The molecule has 182 valence electrons. The number of aryl methyl sites for hydroxylation is 2. The van der Waals surface area contributed by atoms with Gasteiger partial charge in [-0.1, -0.05) is 26.0 Å². The van der Waals surface area contributed by atoms with Crippen molar-refractivity contribution in [2.24, 2.45) is 16.7 Å². The van der Waals surface area contributed by atoms with E-state index < -0.39 is 12.1 Å². The molecule has 33 heavy (non-hydrogen) atoms. The van der Waals surface area contributed by atoms with Gasteiger partial charge < -0.3 is 14.9 Å². The average molecular weight is 468 g/mol. The number of carboxylic acids is 1. The zero-order chi connectivity index (χ0) is 24.8. The maximum atomic E-state index is 13.5. The summed E-state index contributed by atoms with van der Waals surface area (Å²) in [5.41, 5.74) is 4.36. The van der Waals surface area contributed by atoms with E-state index in [1.54, 1.807) is 0 Å². The van der Waals surface area contributed by atoms with Crippen molar-refractivity contribution in [2.45, 2.75) is 53.1 Å². The summed E-state index contributed by atoms with van der Waals surface area (Å²) in [4.78, 5) is 31.3. The normalized spacial score (nSPS) is 26.2. The van der Waals surface area contributed by atoms with Crippen molar-refractivity contribution in [3.05, 3.63) is 35.7 Å². The topological polar surface area (TPSA) is 73.7 Å². The standard InChI is InChI=1S/C22H31N3O.C2HF3O2/c1-15-12-19(13-16(2)23-15)24-8-10-25(11-9-24)20(26)22-7-6-18(14-22)21(4,5)17(22)3;3-2(4,5)1(6)7/h12-13,18H,3,6-11,14H2,1-2,4-5H3;(H,6,7). The highest BCUT2D eigenvalue weighted by Crippen LogP contribution is 2.65. The zero-order valence-corrected chi connectivity index (χ0v) is 19.6. The summed E-state index contributed by atoms with van der Waals surface area (Å²) in [6.45, 7) is 16.4. The minimum absolute atomic E-state index is 0.113. The highest BCUT2D eigenvalue weighted by molar-refractivity contribution is 5.88. The molecule has 2 aliphatic carbocycles. The first-order chi connectivity index (χ1) is 15.2. The molecule has 3 fully saturated rings. The van der Waals surface area contributed by atoms with E-state index in [0.29, 0.717) is 11.8 Å². The van der Waals surface area contributed by atoms with Crippen LogP contribution >= 0.6 is 0 Å². The molecule has 0 spiro atoms. The predicted octanol–water partition coefficient (Wildman–Crippen LogP) is 4.36. The summed E-state index contributed by atoms with van der Waals surface area (Å²) in [7, 11) is 0. The Labute approximate surface area is 192 Å². The van der Waals surface area contributed by atoms with Gasteiger partial charge in [0.2, 0.25) is 5.91 Å². The Bertz CT molecular complexity index is 932. The van der Waals surface area contributed by atoms with Crippen LogP contribution in [-0.2, 0) is 9.59 Å². The highest BCUT2D eigenvalue weighted by Gasteiger charge is 2.61. The van der Waals surface area contributed by atoms with E-state index in [9.17, 15) is 18.0 Å². The minimum atomic E-state index is -5.08. The average Bonchev–Trinajstić information content (AvgIpc) is 3.25. The molecule has 1 aromatic rings. The minimum Gasteiger partial charge on any atom is -0.475 e. The molecular weight excluding hydrogens is 435 g/mol. The summed E-state index contributed by atoms with van der Waals surface area (Å²) in [6, 6.07) is 4.29. The molecule has 4 rings (SSSR count). The van der Waals surface area contributed by atoms with Crippen molar-refractivity contribution in [3.63, 3.8) is 0 Å². The maximum absolute atomic E-state index is 13.5. The van der Waals surface area contributed by atoms with Crippen LogP contribution in [0.1, 0.15) is 44.5 Å². The number of piperazine rings is 1. The van der Waals surface area contributed by atoms with Crippen LogP contribution in [0.15, 0.2) is 24.3 Å². The van der Waals surface area contributed by atoms with Crippen LogP contribution in [0.2, 0.25) is 0 Å². The Morgan fingerprint density at radius 3 is 2.06 bits per heavy atom. The maximum Gasteiger partial charge on any atom is 0.490 e. The van der Waals surface area contributed by atoms with Crippen LogP contribution in [0.4, 0.5) is 18.9 Å². The number of alkyl halides is 3. The van der Waals surface area contributed by atoms with E-state index in [-0.39, 0.29) is 10.8 Å². The number of halogens is 3. The van der Waals surface area contributed by atoms with Gasteiger partial charge >= 0.3 is 12.1 Å². The fourth-order valence-corrected chi connectivity index (χ4v) is 5.59. The van der Waals surface area contributed by atoms with Gasteiger partial charge in [0.05, 0.1) is 5.41 Å². The Balaban J connectivity index is 0.000000383. The molecule has 2 bridgehead atoms. The number of amides is 1. The van der Waals surface area contributed by atoms with Gasteiger partial charge in [-0.15, -0.1) is 0 Å². The monoisotopic (exact) mass is 467 g/mol. The molecule has 2 saturated carbocycles. The van der Waals surface area contributed by atoms with Crippen LogP contribution in [0.25, 0.3) is 0 Å². The van der Waals surface area contributed by atoms with Gasteiger partial charge in [0.25, 0.3) is 0 Å². The number of anilines is 1. The van der Waals surface area contributed by atoms with Crippen molar-refractivity contribution < 1.29 is 27.9 Å². The number of rotatable bonds is 2. The van der Waals surface area contributed by atoms with E-state index >= 15 is 0 Å². The van der Waals surface area contributed by atoms with Crippen molar-refractivity contribution in [3.8, 4) is 0 Å². The number of hydrogen-bond acceptors (Lipinski definition) is 4. The number of fused-ring (bicyclic) bond motifs is 2. The molecule has 9 heteroatoms. The molecule has 2 unspecified atom stereocenters. The largest absolute Gasteiger partial charge is 0.490 e. The zero-order valence-electron chi connectivity index (χ0n) is 19.6. The SMILES string of the molecule is C=C1C2(C(=O)N3CCN(c4cc(C)nc(C)c4)CC3)CCC(C2)C1(C)C.O=C(O)C(F)(F)F. The van der Waals surface area contributed by atoms with Gasteiger partial charge in [-0.05, 0) is 56.6 Å². The first-order valence-corrected chi connectivity index (χ1v) is 11.2. The summed E-state index contributed by atoms with van der Waals surface area (Å²) >= 11 is 0. The summed E-state index contributed by atoms with van der Waals surface area (Å²) in [5, 5.41) is 7.12. The molecular formula is C24H32F3N3O3. The molecule has 2 atom stereocenters. The summed E-state index contributed by atoms with van der Waals surface area (Å²) < 4.78 is 31.7. The third kappa shape index (κ3) is 4.73. The van der Waals surface area contributed by atoms with Crippen molar-refractivity contribution in [2.75, 3.05) is 31.1 Å². The lowest BCUT2D eigenvalue weighted by atomic mass is 9.68. The van der Waals surface area contributed by atoms with Crippen molar-refractivity contribution in [1.29, 1.82) is 0 Å². The van der Waals surface area contributed by atoms with Crippen LogP contribution in [-0.4, -0.2) is 59.2 Å². The first kappa shape index (κ1) is 25.1. The van der Waals surface area contributed by atoms with Crippen LogP contribution < -0.4 is 4.90 Å². The van der Waals surface area contributed by atoms with Crippen LogP contribution in [0.3, 0.4) is 0 Å². The fourth-order valence-electron chi connectivity index (χ4n) is 5.59. The molecule has 1 N–H and O–H groups in total. The van der Waals surface area contributed by atoms with Gasteiger partial charge in [0.1, 0.15) is 0 Å². The van der Waals surface area contributed by atoms with E-state index in [4.69, 9.17) is 9.90 Å². The van der Waals surface area contributed by atoms with E-state index in [0.717, 1.165) is 50.4 Å². The van der Waals surface area contributed by atoms with Gasteiger partial charge in [0.15, 0.2) is 0 Å². The van der Waals surface area contributed by atoms with Gasteiger partial charge in [-0.3, -0.25) is 9.78 Å². The Hall–Kier alpha value is -2.58. The van der Waals surface area contributed by atoms with Gasteiger partial charge in [-0.2, -0.15) is 13.2 Å². The molecule has 0 aromatic carbocycles. The molecule has 1 aromatic heterocycles. The Kier molecular flexibility index (Phi) is 6.56. The molecule has 1 aliphatic heterocycles. The van der Waals surface area contributed by atoms with Crippen molar-refractivity contribution in [1.82, 2.24) is 9.88 Å². The Morgan fingerprint density at radius 1 is 1.12 bits per heavy atom. The number of nitrogens with zero attached hydrogens (tertiary/aromatic N) is 3. The third-order valence-corrected chi connectivity index (χ3v) is 7.54. The van der Waals surface area contributed by atoms with E-state index in [1.165, 1.54) is 17.7 Å². The molecule has 1 saturated heterocycles. The number of carboxylic acid groups (broad SMARTS) is 1.